The van der Waals surface area contributed by atoms with Gasteiger partial charge >= 0.3 is 0 Å². The van der Waals surface area contributed by atoms with Crippen LogP contribution >= 0.6 is 0 Å². The number of carbonyl (C=O) groups excluding carboxylic acids is 1. The van der Waals surface area contributed by atoms with Crippen LogP contribution in [0.4, 0.5) is 0 Å². The van der Waals surface area contributed by atoms with Gasteiger partial charge in [0.1, 0.15) is 0 Å². The molecule has 9 heteroatoms. The van der Waals surface area contributed by atoms with Gasteiger partial charge in [0.2, 0.25) is 0 Å². The van der Waals surface area contributed by atoms with Gasteiger partial charge in [0.05, 0.1) is 40.7 Å². The third-order valence-electron chi connectivity index (χ3n) is 6.68. The molecule has 6 rings (SSSR count). The Hall–Kier alpha value is -3.20. The summed E-state index contributed by atoms with van der Waals surface area (Å²) in [5.74, 6) is 0.411. The minimum atomic E-state index is -3.07. The van der Waals surface area contributed by atoms with Gasteiger partial charge in [-0.25, -0.2) is 18.1 Å². The maximum atomic E-state index is 13.3. The maximum Gasteiger partial charge on any atom is 0.252 e. The molecule has 1 unspecified atom stereocenters. The number of H-pyrrole nitrogens is 1. The normalized spacial score (nSPS) is 20.0. The Bertz CT molecular complexity index is 1480. The number of hydrogen-bond donors (Lipinski definition) is 2. The number of aromatic nitrogens is 4. The van der Waals surface area contributed by atoms with Gasteiger partial charge in [-0.1, -0.05) is 18.2 Å². The molecule has 1 saturated heterocycles. The second-order valence-electron chi connectivity index (χ2n) is 9.22. The lowest BCUT2D eigenvalue weighted by Gasteiger charge is -2.12. The molecule has 0 spiro atoms. The largest absolute Gasteiger partial charge is 0.357 e. The van der Waals surface area contributed by atoms with Crippen LogP contribution in [0.25, 0.3) is 21.9 Å². The Morgan fingerprint density at radius 2 is 2.03 bits per heavy atom. The molecular weight excluding hydrogens is 438 g/mol. The summed E-state index contributed by atoms with van der Waals surface area (Å²) in [4.78, 5) is 21.5. The van der Waals surface area contributed by atoms with Crippen LogP contribution in [0.1, 0.15) is 58.7 Å². The predicted molar refractivity (Wildman–Crippen MR) is 126 cm³/mol. The van der Waals surface area contributed by atoms with E-state index in [2.05, 4.69) is 15.4 Å². The average molecular weight is 464 g/mol. The van der Waals surface area contributed by atoms with Crippen molar-refractivity contribution in [2.45, 2.75) is 44.7 Å². The highest BCUT2D eigenvalue weighted by atomic mass is 32.2. The lowest BCUT2D eigenvalue weighted by molar-refractivity contribution is 0.0952. The van der Waals surface area contributed by atoms with Crippen LogP contribution in [0.5, 0.6) is 0 Å². The van der Waals surface area contributed by atoms with Gasteiger partial charge in [0, 0.05) is 22.8 Å². The summed E-state index contributed by atoms with van der Waals surface area (Å²) in [6.45, 7) is 2.24. The first-order chi connectivity index (χ1) is 15.9. The molecule has 4 heterocycles. The zero-order chi connectivity index (χ0) is 22.7. The van der Waals surface area contributed by atoms with Crippen LogP contribution in [0.3, 0.4) is 0 Å². The van der Waals surface area contributed by atoms with E-state index in [9.17, 15) is 13.2 Å². The zero-order valence-electron chi connectivity index (χ0n) is 18.3. The molecule has 3 aromatic heterocycles. The van der Waals surface area contributed by atoms with E-state index >= 15 is 0 Å². The second kappa shape index (κ2) is 7.41. The molecule has 1 saturated carbocycles. The number of benzene rings is 1. The van der Waals surface area contributed by atoms with Crippen LogP contribution in [0.2, 0.25) is 0 Å². The molecule has 1 aliphatic heterocycles. The quantitative estimate of drug-likeness (QED) is 0.471. The van der Waals surface area contributed by atoms with E-state index in [1.807, 2.05) is 43.3 Å². The highest BCUT2D eigenvalue weighted by molar-refractivity contribution is 7.91. The van der Waals surface area contributed by atoms with Crippen molar-refractivity contribution in [1.29, 1.82) is 0 Å². The number of nitrogens with zero attached hydrogens (tertiary/aromatic N) is 3. The highest BCUT2D eigenvalue weighted by Gasteiger charge is 2.34. The predicted octanol–water partition coefficient (Wildman–Crippen LogP) is 3.39. The van der Waals surface area contributed by atoms with Crippen LogP contribution in [-0.4, -0.2) is 45.6 Å². The van der Waals surface area contributed by atoms with Crippen LogP contribution < -0.4 is 5.32 Å². The SMILES string of the molecule is Cc1nn(C2CCS(=O)(=O)C2)c2nc(C3CC3)cc(C(=O)NCc3cc4ccccc4[nH]3)c12. The molecule has 1 atom stereocenters. The summed E-state index contributed by atoms with van der Waals surface area (Å²) >= 11 is 0. The monoisotopic (exact) mass is 463 g/mol. The van der Waals surface area contributed by atoms with E-state index in [-0.39, 0.29) is 23.5 Å². The molecule has 2 N–H and O–H groups in total. The second-order valence-corrected chi connectivity index (χ2v) is 11.4. The van der Waals surface area contributed by atoms with Crippen molar-refractivity contribution >= 4 is 37.7 Å². The molecule has 170 valence electrons. The molecule has 1 aromatic carbocycles. The minimum Gasteiger partial charge on any atom is -0.357 e. The van der Waals surface area contributed by atoms with Crippen LogP contribution in [-0.2, 0) is 16.4 Å². The number of carbonyl (C=O) groups is 1. The molecule has 0 bridgehead atoms. The molecule has 33 heavy (non-hydrogen) atoms. The fourth-order valence-corrected chi connectivity index (χ4v) is 6.51. The number of aromatic amines is 1. The third kappa shape index (κ3) is 3.70. The third-order valence-corrected chi connectivity index (χ3v) is 8.43. The van der Waals surface area contributed by atoms with Crippen molar-refractivity contribution < 1.29 is 13.2 Å². The van der Waals surface area contributed by atoms with Crippen molar-refractivity contribution in [3.05, 3.63) is 59.0 Å². The minimum absolute atomic E-state index is 0.0699. The standard InChI is InChI=1S/C24H25N5O3S/c1-14-22-19(24(30)25-12-17-10-16-4-2-3-5-20(16)26-17)11-21(15-6-7-15)27-23(22)29(28-14)18-8-9-33(31,32)13-18/h2-5,10-11,15,18,26H,6-9,12-13H2,1H3,(H,25,30). The summed E-state index contributed by atoms with van der Waals surface area (Å²) in [5.41, 5.74) is 4.73. The average Bonchev–Trinajstić information content (AvgIpc) is 3.34. The lowest BCUT2D eigenvalue weighted by atomic mass is 10.1. The molecule has 2 aliphatic rings. The van der Waals surface area contributed by atoms with E-state index in [0.717, 1.165) is 35.1 Å². The Kier molecular flexibility index (Phi) is 4.58. The van der Waals surface area contributed by atoms with Crippen molar-refractivity contribution in [3.8, 4) is 0 Å². The van der Waals surface area contributed by atoms with E-state index in [1.165, 1.54) is 0 Å². The van der Waals surface area contributed by atoms with Gasteiger partial charge in [-0.05, 0) is 49.8 Å². The van der Waals surface area contributed by atoms with Crippen molar-refractivity contribution in [3.63, 3.8) is 0 Å². The van der Waals surface area contributed by atoms with Gasteiger partial charge in [0.15, 0.2) is 15.5 Å². The van der Waals surface area contributed by atoms with Crippen LogP contribution in [0.15, 0.2) is 36.4 Å². The fourth-order valence-electron chi connectivity index (χ4n) is 4.82. The Labute approximate surface area is 191 Å². The molecule has 4 aromatic rings. The fraction of sp³-hybridized carbons (Fsp3) is 0.375. The van der Waals surface area contributed by atoms with Crippen LogP contribution in [0, 0.1) is 6.92 Å². The molecule has 0 radical (unpaired) electrons. The summed E-state index contributed by atoms with van der Waals surface area (Å²) in [5, 5.41) is 9.51. The molecule has 2 fully saturated rings. The molecule has 8 nitrogen and oxygen atoms in total. The van der Waals surface area contributed by atoms with Gasteiger partial charge in [-0.2, -0.15) is 5.10 Å². The van der Waals surface area contributed by atoms with Crippen molar-refractivity contribution in [2.75, 3.05) is 11.5 Å². The summed E-state index contributed by atoms with van der Waals surface area (Å²) in [6, 6.07) is 11.7. The van der Waals surface area contributed by atoms with Gasteiger partial charge < -0.3 is 10.3 Å². The first-order valence-electron chi connectivity index (χ1n) is 11.3. The first kappa shape index (κ1) is 20.4. The summed E-state index contributed by atoms with van der Waals surface area (Å²) in [7, 11) is -3.07. The zero-order valence-corrected chi connectivity index (χ0v) is 19.2. The number of sulfone groups is 1. The van der Waals surface area contributed by atoms with Gasteiger partial charge in [-0.3, -0.25) is 4.79 Å². The number of nitrogens with one attached hydrogen (secondary N) is 2. The Morgan fingerprint density at radius 3 is 2.76 bits per heavy atom. The number of aryl methyl sites for hydroxylation is 1. The lowest BCUT2D eigenvalue weighted by Crippen LogP contribution is -2.23. The Balaban J connectivity index is 1.36. The topological polar surface area (TPSA) is 110 Å². The van der Waals surface area contributed by atoms with Crippen molar-refractivity contribution in [1.82, 2.24) is 25.1 Å². The molecule has 1 aliphatic carbocycles. The Morgan fingerprint density at radius 1 is 1.21 bits per heavy atom. The van der Waals surface area contributed by atoms with E-state index in [4.69, 9.17) is 4.98 Å². The van der Waals surface area contributed by atoms with Gasteiger partial charge in [-0.15, -0.1) is 0 Å². The number of para-hydroxylation sites is 1. The molecule has 1 amide bonds. The summed E-state index contributed by atoms with van der Waals surface area (Å²) < 4.78 is 25.9. The number of pyridine rings is 1. The van der Waals surface area contributed by atoms with E-state index in [1.54, 1.807) is 4.68 Å². The number of amides is 1. The molecular formula is C24H25N5O3S. The smallest absolute Gasteiger partial charge is 0.252 e. The summed E-state index contributed by atoms with van der Waals surface area (Å²) in [6.07, 6.45) is 2.63. The highest BCUT2D eigenvalue weighted by Crippen LogP contribution is 2.41. The number of hydrogen-bond acceptors (Lipinski definition) is 5. The maximum absolute atomic E-state index is 13.3. The van der Waals surface area contributed by atoms with Gasteiger partial charge in [0.25, 0.3) is 5.91 Å². The van der Waals surface area contributed by atoms with E-state index < -0.39 is 9.84 Å². The number of rotatable bonds is 5. The number of fused-ring (bicyclic) bond motifs is 2. The van der Waals surface area contributed by atoms with Crippen molar-refractivity contribution in [2.24, 2.45) is 0 Å². The van der Waals surface area contributed by atoms with E-state index in [0.29, 0.717) is 41.2 Å². The first-order valence-corrected chi connectivity index (χ1v) is 13.1.